The highest BCUT2D eigenvalue weighted by Crippen LogP contribution is 2.20. The third kappa shape index (κ3) is 3.11. The maximum atomic E-state index is 8.97. The largest absolute Gasteiger partial charge is 0.396 e. The van der Waals surface area contributed by atoms with Crippen molar-refractivity contribution in [1.29, 1.82) is 0 Å². The highest BCUT2D eigenvalue weighted by Gasteiger charge is 2.17. The van der Waals surface area contributed by atoms with E-state index in [0.717, 1.165) is 12.1 Å². The number of nitrogens with one attached hydrogen (secondary N) is 1. The lowest BCUT2D eigenvalue weighted by Crippen LogP contribution is -2.24. The van der Waals surface area contributed by atoms with Crippen LogP contribution in [0.2, 0.25) is 5.02 Å². The van der Waals surface area contributed by atoms with E-state index in [1.165, 1.54) is 0 Å². The van der Waals surface area contributed by atoms with Crippen LogP contribution in [0.5, 0.6) is 0 Å². The van der Waals surface area contributed by atoms with Crippen LogP contribution in [0, 0.1) is 5.41 Å². The standard InChI is InChI=1S/C12H17ClN4O/c1-12(2,5-6-18)8-14-11-15-10-4-3-9(13)7-17(10)16-11/h3-4,7,18H,5-6,8H2,1-2H3,(H,14,16). The number of rotatable bonds is 5. The first kappa shape index (κ1) is 13.1. The molecule has 0 fully saturated rings. The zero-order chi connectivity index (χ0) is 13.2. The minimum Gasteiger partial charge on any atom is -0.396 e. The van der Waals surface area contributed by atoms with Crippen molar-refractivity contribution in [2.75, 3.05) is 18.5 Å². The van der Waals surface area contributed by atoms with Crippen molar-refractivity contribution in [3.63, 3.8) is 0 Å². The van der Waals surface area contributed by atoms with Gasteiger partial charge in [0, 0.05) is 19.3 Å². The highest BCUT2D eigenvalue weighted by molar-refractivity contribution is 6.30. The van der Waals surface area contributed by atoms with Gasteiger partial charge in [-0.1, -0.05) is 25.4 Å². The summed E-state index contributed by atoms with van der Waals surface area (Å²) in [6.45, 7) is 5.06. The fourth-order valence-corrected chi connectivity index (χ4v) is 1.80. The van der Waals surface area contributed by atoms with Crippen LogP contribution in [-0.4, -0.2) is 32.9 Å². The van der Waals surface area contributed by atoms with E-state index in [1.54, 1.807) is 16.8 Å². The highest BCUT2D eigenvalue weighted by atomic mass is 35.5. The first-order chi connectivity index (χ1) is 8.50. The van der Waals surface area contributed by atoms with Crippen LogP contribution >= 0.6 is 11.6 Å². The normalized spacial score (nSPS) is 12.0. The lowest BCUT2D eigenvalue weighted by atomic mass is 9.90. The molecular weight excluding hydrogens is 252 g/mol. The van der Waals surface area contributed by atoms with Crippen molar-refractivity contribution in [1.82, 2.24) is 14.6 Å². The number of nitrogens with zero attached hydrogens (tertiary/aromatic N) is 3. The van der Waals surface area contributed by atoms with Crippen LogP contribution < -0.4 is 5.32 Å². The van der Waals surface area contributed by atoms with Crippen molar-refractivity contribution >= 4 is 23.2 Å². The summed E-state index contributed by atoms with van der Waals surface area (Å²) < 4.78 is 1.64. The Bertz CT molecular complexity index is 538. The number of fused-ring (bicyclic) bond motifs is 1. The fourth-order valence-electron chi connectivity index (χ4n) is 1.64. The molecule has 6 heteroatoms. The second kappa shape index (κ2) is 5.12. The molecule has 0 unspecified atom stereocenters. The molecule has 2 aromatic rings. The molecule has 5 nitrogen and oxygen atoms in total. The predicted octanol–water partition coefficient (Wildman–Crippen LogP) is 2.20. The van der Waals surface area contributed by atoms with E-state index in [4.69, 9.17) is 16.7 Å². The van der Waals surface area contributed by atoms with E-state index in [9.17, 15) is 0 Å². The van der Waals surface area contributed by atoms with Gasteiger partial charge in [-0.2, -0.15) is 4.98 Å². The number of aliphatic hydroxyl groups is 1. The minimum atomic E-state index is 0.00385. The Balaban J connectivity index is 2.08. The number of hydrogen-bond acceptors (Lipinski definition) is 4. The van der Waals surface area contributed by atoms with Gasteiger partial charge in [-0.05, 0) is 24.0 Å². The predicted molar refractivity (Wildman–Crippen MR) is 72.0 cm³/mol. The number of hydrogen-bond donors (Lipinski definition) is 2. The van der Waals surface area contributed by atoms with Gasteiger partial charge in [-0.3, -0.25) is 0 Å². The quantitative estimate of drug-likeness (QED) is 0.873. The molecule has 0 aliphatic rings. The maximum absolute atomic E-state index is 8.97. The molecule has 0 atom stereocenters. The van der Waals surface area contributed by atoms with Crippen LogP contribution in [0.4, 0.5) is 5.95 Å². The molecule has 0 aliphatic carbocycles. The van der Waals surface area contributed by atoms with Gasteiger partial charge in [0.1, 0.15) is 0 Å². The summed E-state index contributed by atoms with van der Waals surface area (Å²) in [7, 11) is 0. The van der Waals surface area contributed by atoms with Crippen LogP contribution in [-0.2, 0) is 0 Å². The summed E-state index contributed by atoms with van der Waals surface area (Å²) in [5.74, 6) is 0.572. The van der Waals surface area contributed by atoms with Gasteiger partial charge in [-0.15, -0.1) is 5.10 Å². The average molecular weight is 269 g/mol. The zero-order valence-corrected chi connectivity index (χ0v) is 11.3. The minimum absolute atomic E-state index is 0.00385. The number of halogens is 1. The van der Waals surface area contributed by atoms with E-state index in [2.05, 4.69) is 29.2 Å². The Morgan fingerprint density at radius 1 is 1.44 bits per heavy atom. The summed E-state index contributed by atoms with van der Waals surface area (Å²) in [6.07, 6.45) is 2.45. The smallest absolute Gasteiger partial charge is 0.243 e. The van der Waals surface area contributed by atoms with Gasteiger partial charge in [-0.25, -0.2) is 4.52 Å². The monoisotopic (exact) mass is 268 g/mol. The van der Waals surface area contributed by atoms with Gasteiger partial charge in [0.25, 0.3) is 0 Å². The maximum Gasteiger partial charge on any atom is 0.243 e. The Labute approximate surface area is 111 Å². The van der Waals surface area contributed by atoms with Gasteiger partial charge in [0.15, 0.2) is 5.65 Å². The zero-order valence-electron chi connectivity index (χ0n) is 10.5. The number of aliphatic hydroxyl groups excluding tert-OH is 1. The van der Waals surface area contributed by atoms with Gasteiger partial charge < -0.3 is 10.4 Å². The second-order valence-corrected chi connectivity index (χ2v) is 5.51. The van der Waals surface area contributed by atoms with E-state index in [0.29, 0.717) is 17.5 Å². The SMILES string of the molecule is CC(C)(CCO)CNc1nc2ccc(Cl)cn2n1. The van der Waals surface area contributed by atoms with E-state index in [-0.39, 0.29) is 12.0 Å². The molecule has 0 bridgehead atoms. The van der Waals surface area contributed by atoms with E-state index >= 15 is 0 Å². The Kier molecular flexibility index (Phi) is 3.73. The average Bonchev–Trinajstić information content (AvgIpc) is 2.68. The van der Waals surface area contributed by atoms with Crippen LogP contribution in [0.15, 0.2) is 18.3 Å². The van der Waals surface area contributed by atoms with Crippen molar-refractivity contribution < 1.29 is 5.11 Å². The first-order valence-electron chi connectivity index (χ1n) is 5.87. The first-order valence-corrected chi connectivity index (χ1v) is 6.25. The number of aromatic nitrogens is 3. The van der Waals surface area contributed by atoms with E-state index < -0.39 is 0 Å². The molecule has 0 saturated heterocycles. The van der Waals surface area contributed by atoms with Gasteiger partial charge in [0.05, 0.1) is 5.02 Å². The molecular formula is C12H17ClN4O. The molecule has 18 heavy (non-hydrogen) atoms. The Morgan fingerprint density at radius 2 is 2.22 bits per heavy atom. The molecule has 2 heterocycles. The van der Waals surface area contributed by atoms with Gasteiger partial charge >= 0.3 is 0 Å². The topological polar surface area (TPSA) is 62.5 Å². The number of anilines is 1. The summed E-state index contributed by atoms with van der Waals surface area (Å²) in [5, 5.41) is 17.1. The third-order valence-corrected chi connectivity index (χ3v) is 3.03. The number of pyridine rings is 1. The second-order valence-electron chi connectivity index (χ2n) is 5.08. The fraction of sp³-hybridized carbons (Fsp3) is 0.500. The summed E-state index contributed by atoms with van der Waals surface area (Å²) >= 11 is 5.88. The van der Waals surface area contributed by atoms with Gasteiger partial charge in [0.2, 0.25) is 5.95 Å². The summed E-state index contributed by atoms with van der Waals surface area (Å²) in [6, 6.07) is 3.60. The lowest BCUT2D eigenvalue weighted by molar-refractivity contribution is 0.220. The molecule has 2 rings (SSSR count). The molecule has 2 aromatic heterocycles. The Morgan fingerprint density at radius 3 is 2.94 bits per heavy atom. The molecule has 0 radical (unpaired) electrons. The summed E-state index contributed by atoms with van der Waals surface area (Å²) in [5.41, 5.74) is 0.756. The van der Waals surface area contributed by atoms with Crippen LogP contribution in [0.1, 0.15) is 20.3 Å². The van der Waals surface area contributed by atoms with Crippen LogP contribution in [0.3, 0.4) is 0 Å². The molecule has 2 N–H and O–H groups in total. The van der Waals surface area contributed by atoms with Crippen LogP contribution in [0.25, 0.3) is 5.65 Å². The summed E-state index contributed by atoms with van der Waals surface area (Å²) in [4.78, 5) is 4.34. The van der Waals surface area contributed by atoms with Crippen molar-refractivity contribution in [3.05, 3.63) is 23.4 Å². The van der Waals surface area contributed by atoms with Crippen molar-refractivity contribution in [2.24, 2.45) is 5.41 Å². The molecule has 0 aliphatic heterocycles. The molecule has 0 aromatic carbocycles. The van der Waals surface area contributed by atoms with Crippen molar-refractivity contribution in [3.8, 4) is 0 Å². The van der Waals surface area contributed by atoms with E-state index in [1.807, 2.05) is 6.07 Å². The lowest BCUT2D eigenvalue weighted by Gasteiger charge is -2.23. The molecule has 0 amide bonds. The Hall–Kier alpha value is -1.33. The molecule has 0 spiro atoms. The molecule has 0 saturated carbocycles. The third-order valence-electron chi connectivity index (χ3n) is 2.81. The molecule has 98 valence electrons. The van der Waals surface area contributed by atoms with Crippen molar-refractivity contribution in [2.45, 2.75) is 20.3 Å².